The Morgan fingerprint density at radius 1 is 0.950 bits per heavy atom. The number of aryl methyl sites for hydroxylation is 1. The molecule has 0 bridgehead atoms. The van der Waals surface area contributed by atoms with Crippen LogP contribution in [0.15, 0.2) is 40.9 Å². The number of Topliss-reactive ketones (excluding diaryl/α,β-unsaturated/α-hetero) is 1. The quantitative estimate of drug-likeness (QED) is 0.301. The van der Waals surface area contributed by atoms with Gasteiger partial charge in [-0.25, -0.2) is 8.42 Å². The van der Waals surface area contributed by atoms with Gasteiger partial charge in [0.2, 0.25) is 0 Å². The molecule has 0 saturated heterocycles. The highest BCUT2D eigenvalue weighted by atomic mass is 32.2. The lowest BCUT2D eigenvalue weighted by molar-refractivity contribution is -0.124. The third kappa shape index (κ3) is 5.44. The normalized spacial score (nSPS) is 36.4. The lowest BCUT2D eigenvalue weighted by Gasteiger charge is -2.59. The van der Waals surface area contributed by atoms with E-state index < -0.39 is 10.0 Å². The molecule has 0 aromatic heterocycles. The molecule has 3 fully saturated rings. The average Bonchev–Trinajstić information content (AvgIpc) is 3.25. The second-order valence-corrected chi connectivity index (χ2v) is 16.5. The number of carbonyl (C=O) groups excluding carboxylic acids is 1. The molecular weight excluding hydrogens is 516 g/mol. The van der Waals surface area contributed by atoms with E-state index in [-0.39, 0.29) is 16.1 Å². The van der Waals surface area contributed by atoms with Crippen LogP contribution >= 0.6 is 0 Å². The fourth-order valence-corrected chi connectivity index (χ4v) is 10.6. The maximum Gasteiger partial charge on any atom is 0.257 e. The van der Waals surface area contributed by atoms with Gasteiger partial charge in [-0.05, 0) is 116 Å². The molecule has 0 spiro atoms. The minimum absolute atomic E-state index is 0.0179. The first-order valence-electron chi connectivity index (χ1n) is 16.0. The molecule has 0 amide bonds. The van der Waals surface area contributed by atoms with Crippen molar-refractivity contribution in [3.63, 3.8) is 0 Å². The van der Waals surface area contributed by atoms with E-state index in [0.717, 1.165) is 35.7 Å². The third-order valence-electron chi connectivity index (χ3n) is 12.0. The van der Waals surface area contributed by atoms with Gasteiger partial charge in [-0.2, -0.15) is 0 Å². The SMILES string of the molecule is Cc1ccc(S(=O)(=O)NNC2=C[C@@]3(C)C(CC[C@H]4[C@@H]5CC[C@H]([C@H](C)CCCC(C)C)[C@@]5(C)CC[C@@H]43)CC2=O)cc1. The third-order valence-corrected chi connectivity index (χ3v) is 13.3. The Morgan fingerprint density at radius 3 is 2.38 bits per heavy atom. The summed E-state index contributed by atoms with van der Waals surface area (Å²) >= 11 is 0. The van der Waals surface area contributed by atoms with Crippen LogP contribution in [0.1, 0.15) is 104 Å². The van der Waals surface area contributed by atoms with E-state index in [4.69, 9.17) is 0 Å². The zero-order valence-corrected chi connectivity index (χ0v) is 26.4. The number of hydrogen-bond donors (Lipinski definition) is 2. The van der Waals surface area contributed by atoms with E-state index in [1.165, 1.54) is 51.4 Å². The van der Waals surface area contributed by atoms with E-state index in [2.05, 4.69) is 51.0 Å². The predicted molar refractivity (Wildman–Crippen MR) is 162 cm³/mol. The summed E-state index contributed by atoms with van der Waals surface area (Å²) < 4.78 is 25.8. The Bertz CT molecular complexity index is 1220. The largest absolute Gasteiger partial charge is 0.305 e. The van der Waals surface area contributed by atoms with Gasteiger partial charge in [0.1, 0.15) is 0 Å². The average molecular weight is 569 g/mol. The molecule has 8 atom stereocenters. The minimum atomic E-state index is -3.77. The summed E-state index contributed by atoms with van der Waals surface area (Å²) in [6.07, 6.45) is 14.2. The zero-order valence-electron chi connectivity index (χ0n) is 25.6. The molecule has 1 aromatic carbocycles. The highest BCUT2D eigenvalue weighted by Gasteiger charge is 2.60. The number of rotatable bonds is 9. The maximum absolute atomic E-state index is 13.2. The van der Waals surface area contributed by atoms with E-state index >= 15 is 0 Å². The first kappa shape index (κ1) is 29.8. The monoisotopic (exact) mass is 568 g/mol. The molecule has 1 aromatic rings. The van der Waals surface area contributed by atoms with Gasteiger partial charge >= 0.3 is 0 Å². The van der Waals surface area contributed by atoms with Gasteiger partial charge in [0.25, 0.3) is 10.0 Å². The van der Waals surface area contributed by atoms with Crippen LogP contribution in [0.4, 0.5) is 0 Å². The summed E-state index contributed by atoms with van der Waals surface area (Å²) in [5.41, 5.74) is 4.62. The fraction of sp³-hybridized carbons (Fsp3) is 0.735. The summed E-state index contributed by atoms with van der Waals surface area (Å²) in [6, 6.07) is 6.76. The second-order valence-electron chi connectivity index (χ2n) is 14.8. The van der Waals surface area contributed by atoms with Crippen LogP contribution in [0.2, 0.25) is 0 Å². The Kier molecular flexibility index (Phi) is 8.35. The van der Waals surface area contributed by atoms with Gasteiger partial charge in [-0.3, -0.25) is 4.79 Å². The van der Waals surface area contributed by atoms with Crippen molar-refractivity contribution < 1.29 is 13.2 Å². The van der Waals surface area contributed by atoms with E-state index in [9.17, 15) is 13.2 Å². The topological polar surface area (TPSA) is 75.3 Å². The van der Waals surface area contributed by atoms with Gasteiger partial charge in [-0.1, -0.05) is 71.6 Å². The number of hydrazine groups is 1. The first-order valence-corrected chi connectivity index (χ1v) is 17.4. The van der Waals surface area contributed by atoms with Crippen LogP contribution in [0.25, 0.3) is 0 Å². The molecular formula is C34H52N2O3S. The summed E-state index contributed by atoms with van der Waals surface area (Å²) in [5.74, 6) is 4.79. The first-order chi connectivity index (χ1) is 18.8. The van der Waals surface area contributed by atoms with Crippen molar-refractivity contribution in [2.45, 2.75) is 111 Å². The van der Waals surface area contributed by atoms with Crippen LogP contribution in [0.3, 0.4) is 0 Å². The smallest absolute Gasteiger partial charge is 0.257 e. The van der Waals surface area contributed by atoms with Crippen LogP contribution in [0.5, 0.6) is 0 Å². The van der Waals surface area contributed by atoms with Crippen molar-refractivity contribution in [3.8, 4) is 0 Å². The van der Waals surface area contributed by atoms with E-state index in [1.54, 1.807) is 24.3 Å². The van der Waals surface area contributed by atoms with Crippen LogP contribution in [-0.4, -0.2) is 14.2 Å². The van der Waals surface area contributed by atoms with E-state index in [1.807, 2.05) is 6.92 Å². The highest BCUT2D eigenvalue weighted by Crippen LogP contribution is 2.67. The lowest BCUT2D eigenvalue weighted by Crippen LogP contribution is -2.54. The predicted octanol–water partition coefficient (Wildman–Crippen LogP) is 7.57. The second kappa shape index (κ2) is 11.2. The number of benzene rings is 1. The summed E-state index contributed by atoms with van der Waals surface area (Å²) in [7, 11) is -3.77. The number of nitrogens with one attached hydrogen (secondary N) is 2. The Morgan fingerprint density at radius 2 is 1.68 bits per heavy atom. The van der Waals surface area contributed by atoms with Crippen molar-refractivity contribution in [2.24, 2.45) is 52.3 Å². The Labute approximate surface area is 243 Å². The van der Waals surface area contributed by atoms with Crippen LogP contribution < -0.4 is 10.3 Å². The molecule has 0 aliphatic heterocycles. The van der Waals surface area contributed by atoms with Gasteiger partial charge in [0.05, 0.1) is 10.6 Å². The van der Waals surface area contributed by atoms with Crippen LogP contribution in [0, 0.1) is 59.2 Å². The molecule has 5 rings (SSSR count). The molecule has 5 nitrogen and oxygen atoms in total. The van der Waals surface area contributed by atoms with Gasteiger partial charge < -0.3 is 5.43 Å². The molecule has 0 heterocycles. The Hall–Kier alpha value is -1.66. The number of allylic oxidation sites excluding steroid dienone is 2. The number of hydrogen-bond acceptors (Lipinski definition) is 4. The summed E-state index contributed by atoms with van der Waals surface area (Å²) in [5, 5.41) is 0. The van der Waals surface area contributed by atoms with Crippen molar-refractivity contribution in [2.75, 3.05) is 0 Å². The minimum Gasteiger partial charge on any atom is -0.305 e. The van der Waals surface area contributed by atoms with Gasteiger partial charge in [0.15, 0.2) is 5.78 Å². The molecule has 0 radical (unpaired) electrons. The molecule has 222 valence electrons. The molecule has 3 saturated carbocycles. The van der Waals surface area contributed by atoms with Crippen molar-refractivity contribution >= 4 is 15.8 Å². The molecule has 40 heavy (non-hydrogen) atoms. The zero-order chi connectivity index (χ0) is 28.9. The molecule has 2 N–H and O–H groups in total. The number of sulfonamides is 1. The highest BCUT2D eigenvalue weighted by molar-refractivity contribution is 7.89. The lowest BCUT2D eigenvalue weighted by atomic mass is 9.45. The van der Waals surface area contributed by atoms with Gasteiger partial charge in [0, 0.05) is 6.42 Å². The molecule has 4 aliphatic rings. The van der Waals surface area contributed by atoms with Crippen molar-refractivity contribution in [1.82, 2.24) is 10.3 Å². The molecule has 1 unspecified atom stereocenters. The fourth-order valence-electron chi connectivity index (χ4n) is 9.77. The summed E-state index contributed by atoms with van der Waals surface area (Å²) in [4.78, 5) is 15.9. The maximum atomic E-state index is 13.2. The summed E-state index contributed by atoms with van der Waals surface area (Å²) in [6.45, 7) is 14.1. The molecule has 6 heteroatoms. The van der Waals surface area contributed by atoms with Crippen molar-refractivity contribution in [1.29, 1.82) is 0 Å². The molecule has 4 aliphatic carbocycles. The number of carbonyl (C=O) groups is 1. The number of ketones is 1. The van der Waals surface area contributed by atoms with Crippen LogP contribution in [-0.2, 0) is 14.8 Å². The number of fused-ring (bicyclic) bond motifs is 5. The van der Waals surface area contributed by atoms with Gasteiger partial charge in [-0.15, -0.1) is 4.83 Å². The standard InChI is InChI=1S/C34H52N2O3S/c1-22(2)8-7-9-24(4)28-16-17-29-27-15-12-25-20-32(37)31(21-34(25,6)30(27)18-19-33(28,29)5)35-36-40(38,39)26-13-10-23(3)11-14-26/h10-11,13-14,21-22,24-25,27-30,35-36H,7-9,12,15-20H2,1-6H3/t24-,25?,27+,28-,29+,30+,33-,34+/m1/s1. The van der Waals surface area contributed by atoms with E-state index in [0.29, 0.717) is 35.3 Å². The Balaban J connectivity index is 1.32. The van der Waals surface area contributed by atoms with Crippen molar-refractivity contribution in [3.05, 3.63) is 41.6 Å².